The van der Waals surface area contributed by atoms with Crippen LogP contribution in [0, 0.1) is 56.2 Å². The Balaban J connectivity index is 0.784. The van der Waals surface area contributed by atoms with Gasteiger partial charge in [-0.3, -0.25) is 4.79 Å². The topological polar surface area (TPSA) is 575 Å². The van der Waals surface area contributed by atoms with Crippen LogP contribution in [0.15, 0.2) is 24.0 Å². The van der Waals surface area contributed by atoms with Crippen LogP contribution in [-0.4, -0.2) is 369 Å². The number of aliphatic hydroxyl groups excluding tert-OH is 17. The van der Waals surface area contributed by atoms with Gasteiger partial charge in [-0.1, -0.05) is 80.5 Å². The van der Waals surface area contributed by atoms with E-state index >= 15 is 4.79 Å². The van der Waals surface area contributed by atoms with Crippen molar-refractivity contribution in [2.45, 2.75) is 381 Å². The van der Waals surface area contributed by atoms with Crippen LogP contribution in [0.2, 0.25) is 0 Å². The molecule has 0 amide bonds. The second kappa shape index (κ2) is 35.5. The molecule has 17 unspecified atom stereocenters. The van der Waals surface area contributed by atoms with Crippen molar-refractivity contribution in [1.29, 1.82) is 0 Å². The smallest absolute Gasteiger partial charge is 0.335 e. The van der Waals surface area contributed by atoms with Crippen LogP contribution in [0.25, 0.3) is 0 Å². The number of rotatable bonds is 23. The van der Waals surface area contributed by atoms with E-state index in [-0.39, 0.29) is 28.9 Å². The van der Waals surface area contributed by atoms with Crippen LogP contribution in [0.1, 0.15) is 154 Å². The molecule has 4 saturated carbocycles. The highest BCUT2D eigenvalue weighted by Crippen LogP contribution is 2.76. The number of esters is 1. The predicted octanol–water partition coefficient (Wildman–Crippen LogP) is -3.06. The highest BCUT2D eigenvalue weighted by Gasteiger charge is 2.72. The number of hydrogen-bond acceptors (Lipinski definition) is 37. The SMILES string of the molecule is C=C(O[C@@H]1C(C)O[C@@H](OC(=O)[C@]23CCC(C)(C)CC2C2=CCC4[C@@]5(C)CC[C@H](O[C@@H]6OC(C(=O)O)[C@H](O)[C@H](O[C@@H]7OC[C@@H](O)[C@H](O)C7O)C6O[C@@H]6OC(CO)[C@H](O)[C@H](O)C6O)C(C)(C)C5CC[C@@]4(C)[C@]2(C)CC3)[C@H](O[C@@H]2OC(C)[C@H](OC3OCC(O)[C@H](O[C@@H]4OCC(O)(CO)[C@@H]4O)[C@@H]3O)[C@H](O)C2O)C1O[C@@H]1OC(C)[C@@H](O)[C@H](O)C1O)[C@@H](C)CC. The van der Waals surface area contributed by atoms with Gasteiger partial charge >= 0.3 is 11.9 Å². The van der Waals surface area contributed by atoms with Crippen LogP contribution in [-0.2, 0) is 90.1 Å². The summed E-state index contributed by atoms with van der Waals surface area (Å²) in [6.45, 7) is 24.5. The lowest BCUT2D eigenvalue weighted by Crippen LogP contribution is -2.68. The summed E-state index contributed by atoms with van der Waals surface area (Å²) in [4.78, 5) is 29.6. The molecule has 13 rings (SSSR count). The number of hydrogen-bond donors (Lipinski definition) is 19. The summed E-state index contributed by atoms with van der Waals surface area (Å²) >= 11 is 0. The number of aliphatic carboxylic acids is 1. The van der Waals surface area contributed by atoms with Crippen molar-refractivity contribution in [2.24, 2.45) is 56.2 Å². The Hall–Kier alpha value is -3.10. The standard InChI is InChI=1S/C81H130O38/c1-14-31(2)32(3)106-57-35(6)109-71(63(61(57)116-68-51(93)47(89)44(86)33(4)107-68)118-69-53(95)49(91)56(34(5)108-69)112-67-55(97)58(39(85)28-104-67)113-73-64(98)81(102,29-83)30-105-73)119-74(101)80-23-21-75(7,8)25-37(80)36-15-16-42-77(11)19-18-43(76(9,10)41(77)17-20-79(42,13)78(36,12)22-24-80)111-72-62(117-70-52(94)48(90)46(88)40(26-82)110-70)59(54(96)60(115-72)65(99)100)114-66-50(92)45(87)38(84)27-103-66/h15,31,33-35,37-64,66-73,82-98,102H,3,14,16-30H2,1-2,4-13H3,(H,99,100)/t31-,33?,34?,35?,37?,38+,39?,40?,41?,42?,43-,44+,45-,46-,47-,48-,49+,50?,51?,52?,53?,54+,55-,56-,57+,58-,59-,60?,61?,62?,63+,64+,66-,67?,68-,69-,70-,71-,72+,73-,77-,78+,79+,80-,81?/m0/s1. The highest BCUT2D eigenvalue weighted by molar-refractivity contribution is 5.79. The minimum Gasteiger partial charge on any atom is -0.490 e. The molecule has 8 saturated heterocycles. The first-order valence-corrected chi connectivity index (χ1v) is 42.1. The molecule has 0 aromatic heterocycles. The van der Waals surface area contributed by atoms with Crippen molar-refractivity contribution < 1.29 is 187 Å². The summed E-state index contributed by atoms with van der Waals surface area (Å²) in [5.41, 5.74) is -4.75. The lowest BCUT2D eigenvalue weighted by atomic mass is 9.33. The summed E-state index contributed by atoms with van der Waals surface area (Å²) in [5, 5.41) is 210. The molecule has 38 heteroatoms. The van der Waals surface area contributed by atoms with Crippen molar-refractivity contribution >= 4 is 11.9 Å². The Kier molecular flexibility index (Phi) is 27.9. The third-order valence-electron chi connectivity index (χ3n) is 30.1. The number of carboxylic acids is 1. The van der Waals surface area contributed by atoms with Gasteiger partial charge in [-0.15, -0.1) is 0 Å². The normalized spacial score (nSPS) is 52.6. The van der Waals surface area contributed by atoms with Gasteiger partial charge in [0.1, 0.15) is 134 Å². The number of carbonyl (C=O) groups excluding carboxylic acids is 1. The maximum atomic E-state index is 16.5. The molecule has 0 spiro atoms. The molecular weight excluding hydrogens is 1580 g/mol. The van der Waals surface area contributed by atoms with E-state index in [0.29, 0.717) is 70.6 Å². The summed E-state index contributed by atoms with van der Waals surface area (Å²) in [6.07, 6.45) is -53.6. The van der Waals surface area contributed by atoms with Crippen LogP contribution in [0.5, 0.6) is 0 Å². The monoisotopic (exact) mass is 1710 g/mol. The number of allylic oxidation sites excluding steroid dienone is 3. The van der Waals surface area contributed by atoms with E-state index < -0.39 is 305 Å². The first kappa shape index (κ1) is 93.5. The van der Waals surface area contributed by atoms with Crippen molar-refractivity contribution in [1.82, 2.24) is 0 Å². The fraction of sp³-hybridized carbons (Fsp3) is 0.926. The van der Waals surface area contributed by atoms with Crippen LogP contribution in [0.3, 0.4) is 0 Å². The van der Waals surface area contributed by atoms with Gasteiger partial charge in [0.15, 0.2) is 62.3 Å². The lowest BCUT2D eigenvalue weighted by molar-refractivity contribution is -0.392. The van der Waals surface area contributed by atoms with Crippen LogP contribution in [0.4, 0.5) is 0 Å². The minimum absolute atomic E-state index is 0.00396. The molecule has 12 fully saturated rings. The summed E-state index contributed by atoms with van der Waals surface area (Å²) < 4.78 is 106. The van der Waals surface area contributed by atoms with Gasteiger partial charge in [-0.05, 0) is 136 Å². The molecule has 682 valence electrons. The van der Waals surface area contributed by atoms with Crippen molar-refractivity contribution in [3.63, 3.8) is 0 Å². The van der Waals surface area contributed by atoms with E-state index in [1.54, 1.807) is 6.92 Å². The average molecular weight is 1710 g/mol. The minimum atomic E-state index is -2.16. The summed E-state index contributed by atoms with van der Waals surface area (Å²) in [5.74, 6) is -2.86. The fourth-order valence-electron chi connectivity index (χ4n) is 22.1. The maximum Gasteiger partial charge on any atom is 0.335 e. The Bertz CT molecular complexity index is 3520. The number of ether oxygens (including phenoxy) is 17. The first-order valence-electron chi connectivity index (χ1n) is 42.1. The molecule has 0 bridgehead atoms. The van der Waals surface area contributed by atoms with Gasteiger partial charge in [0.05, 0.1) is 68.6 Å². The maximum absolute atomic E-state index is 16.5. The molecule has 0 aromatic carbocycles. The Morgan fingerprint density at radius 2 is 1.07 bits per heavy atom. The van der Waals surface area contributed by atoms with E-state index in [1.807, 2.05) is 13.8 Å². The third-order valence-corrected chi connectivity index (χ3v) is 30.1. The largest absolute Gasteiger partial charge is 0.490 e. The first-order chi connectivity index (χ1) is 55.8. The quantitative estimate of drug-likeness (QED) is 0.0209. The third kappa shape index (κ3) is 16.8. The molecule has 5 aliphatic carbocycles. The van der Waals surface area contributed by atoms with Gasteiger partial charge in [0.25, 0.3) is 0 Å². The van der Waals surface area contributed by atoms with E-state index in [9.17, 15) is 102 Å². The molecule has 8 heterocycles. The van der Waals surface area contributed by atoms with Crippen molar-refractivity contribution in [3.05, 3.63) is 24.0 Å². The second-order valence-electron chi connectivity index (χ2n) is 38.2. The number of fused-ring (bicyclic) bond motifs is 7. The van der Waals surface area contributed by atoms with Crippen LogP contribution < -0.4 is 0 Å². The van der Waals surface area contributed by atoms with Gasteiger partial charge in [0, 0.05) is 5.92 Å². The predicted molar refractivity (Wildman–Crippen MR) is 399 cm³/mol. The van der Waals surface area contributed by atoms with E-state index in [0.717, 1.165) is 5.57 Å². The van der Waals surface area contributed by atoms with E-state index in [1.165, 1.54) is 13.8 Å². The van der Waals surface area contributed by atoms with Gasteiger partial charge in [-0.2, -0.15) is 0 Å². The molecule has 119 heavy (non-hydrogen) atoms. The van der Waals surface area contributed by atoms with Gasteiger partial charge in [-0.25, -0.2) is 4.79 Å². The highest BCUT2D eigenvalue weighted by atomic mass is 16.8. The van der Waals surface area contributed by atoms with E-state index in [2.05, 4.69) is 61.1 Å². The summed E-state index contributed by atoms with van der Waals surface area (Å²) in [7, 11) is 0. The molecular formula is C81H130O38. The molecule has 45 atom stereocenters. The zero-order chi connectivity index (χ0) is 86.9. The molecule has 19 N–H and O–H groups in total. The van der Waals surface area contributed by atoms with Crippen LogP contribution >= 0.6 is 0 Å². The Labute approximate surface area is 690 Å². The zero-order valence-electron chi connectivity index (χ0n) is 69.4. The molecule has 8 aliphatic heterocycles. The molecule has 0 aromatic rings. The summed E-state index contributed by atoms with van der Waals surface area (Å²) in [6, 6.07) is 0. The van der Waals surface area contributed by atoms with Gasteiger partial charge < -0.3 is 178 Å². The van der Waals surface area contributed by atoms with Gasteiger partial charge in [0.2, 0.25) is 6.29 Å². The second-order valence-corrected chi connectivity index (χ2v) is 38.2. The Morgan fingerprint density at radius 1 is 0.513 bits per heavy atom. The molecule has 0 radical (unpaired) electrons. The molecule has 38 nitrogen and oxygen atoms in total. The van der Waals surface area contributed by atoms with Crippen molar-refractivity contribution in [2.75, 3.05) is 33.0 Å². The number of carboxylic acid groups (broad SMARTS) is 1. The number of carbonyl (C=O) groups is 2. The zero-order valence-corrected chi connectivity index (χ0v) is 69.4. The lowest BCUT2D eigenvalue weighted by Gasteiger charge is -2.71. The average Bonchev–Trinajstić information content (AvgIpc) is 0.896. The fourth-order valence-corrected chi connectivity index (χ4v) is 22.1. The molecule has 13 aliphatic rings. The van der Waals surface area contributed by atoms with Crippen molar-refractivity contribution in [3.8, 4) is 0 Å². The van der Waals surface area contributed by atoms with E-state index in [4.69, 9.17) is 80.5 Å². The Morgan fingerprint density at radius 3 is 1.71 bits per heavy atom. The number of aliphatic hydroxyl groups is 18.